The molecule has 3 rings (SSSR count). The van der Waals surface area contributed by atoms with Gasteiger partial charge in [-0.1, -0.05) is 54.1 Å². The van der Waals surface area contributed by atoms with Crippen molar-refractivity contribution >= 4 is 0 Å². The summed E-state index contributed by atoms with van der Waals surface area (Å²) in [5.74, 6) is 0. The fraction of sp³-hybridized carbons (Fsp3) is 0.150. The van der Waals surface area contributed by atoms with Crippen molar-refractivity contribution in [3.05, 3.63) is 77.5 Å². The van der Waals surface area contributed by atoms with Crippen molar-refractivity contribution in [2.75, 3.05) is 0 Å². The van der Waals surface area contributed by atoms with E-state index in [1.165, 1.54) is 12.3 Å². The lowest BCUT2D eigenvalue weighted by atomic mass is 9.95. The van der Waals surface area contributed by atoms with Gasteiger partial charge in [-0.3, -0.25) is 4.98 Å². The van der Waals surface area contributed by atoms with Crippen LogP contribution < -0.4 is 0 Å². The summed E-state index contributed by atoms with van der Waals surface area (Å²) >= 11 is 0. The first-order chi connectivity index (χ1) is 12.6. The second kappa shape index (κ2) is 5.53. The highest BCUT2D eigenvalue weighted by Gasteiger charge is 2.08. The molecule has 0 aliphatic heterocycles. The van der Waals surface area contributed by atoms with Crippen molar-refractivity contribution in [1.82, 2.24) is 4.98 Å². The van der Waals surface area contributed by atoms with Crippen LogP contribution in [0.25, 0.3) is 22.4 Å². The molecule has 0 aliphatic rings. The van der Waals surface area contributed by atoms with E-state index in [1.807, 2.05) is 30.3 Å². The third-order valence-electron chi connectivity index (χ3n) is 3.49. The Morgan fingerprint density at radius 1 is 0.857 bits per heavy atom. The number of aryl methyl sites for hydroxylation is 3. The van der Waals surface area contributed by atoms with E-state index in [-0.39, 0.29) is 11.1 Å². The summed E-state index contributed by atoms with van der Waals surface area (Å²) in [6, 6.07) is 16.1. The molecule has 0 fully saturated rings. The normalized spacial score (nSPS) is 16.0. The van der Waals surface area contributed by atoms with E-state index in [0.29, 0.717) is 22.4 Å². The largest absolute Gasteiger partial charge is 0.256 e. The molecule has 1 nitrogen and oxygen atoms in total. The van der Waals surface area contributed by atoms with Crippen LogP contribution >= 0.6 is 0 Å². The fourth-order valence-electron chi connectivity index (χ4n) is 2.41. The minimum Gasteiger partial charge on any atom is -0.256 e. The highest BCUT2D eigenvalue weighted by atomic mass is 14.7. The van der Waals surface area contributed by atoms with E-state index in [1.54, 1.807) is 25.1 Å². The SMILES string of the molecule is [2H]C([2H])([2H])c1ccc(-c2cc(-c3ccccc3)ncc2C([2H])([2H])[2H])c(C)c1. The zero-order valence-electron chi connectivity index (χ0n) is 17.7. The standard InChI is InChI=1S/C20H19N/c1-14-9-10-18(15(2)11-14)19-12-20(21-13-16(19)3)17-7-5-4-6-8-17/h4-13H,1-3H3/i1D3,3D3. The van der Waals surface area contributed by atoms with Crippen LogP contribution in [0, 0.1) is 20.6 Å². The average Bonchev–Trinajstić information content (AvgIpc) is 2.60. The lowest BCUT2D eigenvalue weighted by molar-refractivity contribution is 1.26. The molecule has 1 heterocycles. The van der Waals surface area contributed by atoms with Crippen LogP contribution in [0.15, 0.2) is 60.8 Å². The van der Waals surface area contributed by atoms with Gasteiger partial charge in [-0.2, -0.15) is 0 Å². The van der Waals surface area contributed by atoms with Gasteiger partial charge in [0, 0.05) is 20.0 Å². The van der Waals surface area contributed by atoms with E-state index in [0.717, 1.165) is 5.56 Å². The molecule has 2 aromatic carbocycles. The summed E-state index contributed by atoms with van der Waals surface area (Å²) in [6.45, 7) is -2.74. The van der Waals surface area contributed by atoms with Gasteiger partial charge in [-0.05, 0) is 48.9 Å². The zero-order chi connectivity index (χ0) is 19.8. The van der Waals surface area contributed by atoms with Crippen LogP contribution in [0.1, 0.15) is 24.9 Å². The van der Waals surface area contributed by atoms with Gasteiger partial charge in [0.2, 0.25) is 0 Å². The predicted octanol–water partition coefficient (Wildman–Crippen LogP) is 5.34. The zero-order valence-corrected chi connectivity index (χ0v) is 11.7. The quantitative estimate of drug-likeness (QED) is 0.617. The first-order valence-corrected chi connectivity index (χ1v) is 6.75. The Bertz CT molecular complexity index is 958. The molecule has 0 spiro atoms. The molecule has 1 heteroatoms. The molecule has 0 radical (unpaired) electrons. The van der Waals surface area contributed by atoms with Crippen LogP contribution in [0.4, 0.5) is 0 Å². The van der Waals surface area contributed by atoms with Gasteiger partial charge in [0.25, 0.3) is 0 Å². The molecule has 21 heavy (non-hydrogen) atoms. The first kappa shape index (κ1) is 8.14. The lowest BCUT2D eigenvalue weighted by Gasteiger charge is -2.12. The molecule has 0 saturated heterocycles. The van der Waals surface area contributed by atoms with Crippen LogP contribution in [-0.2, 0) is 0 Å². The van der Waals surface area contributed by atoms with E-state index in [9.17, 15) is 0 Å². The Morgan fingerprint density at radius 2 is 1.71 bits per heavy atom. The predicted molar refractivity (Wildman–Crippen MR) is 89.3 cm³/mol. The van der Waals surface area contributed by atoms with Gasteiger partial charge in [0.05, 0.1) is 5.69 Å². The second-order valence-electron chi connectivity index (χ2n) is 5.01. The molecule has 0 atom stereocenters. The van der Waals surface area contributed by atoms with Gasteiger partial charge in [0.15, 0.2) is 0 Å². The summed E-state index contributed by atoms with van der Waals surface area (Å²) in [4.78, 5) is 4.34. The van der Waals surface area contributed by atoms with Crippen LogP contribution in [-0.4, -0.2) is 4.98 Å². The summed E-state index contributed by atoms with van der Waals surface area (Å²) in [7, 11) is 0. The van der Waals surface area contributed by atoms with Crippen molar-refractivity contribution in [2.24, 2.45) is 0 Å². The Labute approximate surface area is 134 Å². The summed E-state index contributed by atoms with van der Waals surface area (Å²) < 4.78 is 46.3. The smallest absolute Gasteiger partial charge is 0.0708 e. The Balaban J connectivity index is 2.21. The number of aromatic nitrogens is 1. The molecule has 0 amide bonds. The molecule has 0 unspecified atom stereocenters. The Hall–Kier alpha value is -2.41. The van der Waals surface area contributed by atoms with Crippen molar-refractivity contribution in [2.45, 2.75) is 20.6 Å². The molecule has 0 N–H and O–H groups in total. The maximum atomic E-state index is 7.85. The minimum atomic E-state index is -2.33. The highest BCUT2D eigenvalue weighted by Crippen LogP contribution is 2.30. The highest BCUT2D eigenvalue weighted by molar-refractivity contribution is 5.75. The van der Waals surface area contributed by atoms with Crippen LogP contribution in [0.5, 0.6) is 0 Å². The summed E-state index contributed by atoms with van der Waals surface area (Å²) in [5, 5.41) is 0. The van der Waals surface area contributed by atoms with Crippen molar-refractivity contribution in [3.8, 4) is 22.4 Å². The van der Waals surface area contributed by atoms with Crippen molar-refractivity contribution in [3.63, 3.8) is 0 Å². The summed E-state index contributed by atoms with van der Waals surface area (Å²) in [5.41, 5.74) is 3.86. The lowest BCUT2D eigenvalue weighted by Crippen LogP contribution is -1.92. The second-order valence-corrected chi connectivity index (χ2v) is 5.01. The molecular weight excluding hydrogens is 254 g/mol. The number of benzene rings is 2. The number of nitrogens with zero attached hydrogens (tertiary/aromatic N) is 1. The third kappa shape index (κ3) is 2.73. The third-order valence-corrected chi connectivity index (χ3v) is 3.49. The van der Waals surface area contributed by atoms with E-state index in [4.69, 9.17) is 8.22 Å². The minimum absolute atomic E-state index is 0.145. The van der Waals surface area contributed by atoms with Gasteiger partial charge < -0.3 is 0 Å². The monoisotopic (exact) mass is 279 g/mol. The molecule has 0 aliphatic carbocycles. The molecule has 1 aromatic heterocycles. The first-order valence-electron chi connectivity index (χ1n) is 9.75. The van der Waals surface area contributed by atoms with E-state index < -0.39 is 13.7 Å². The maximum Gasteiger partial charge on any atom is 0.0708 e. The van der Waals surface area contributed by atoms with Crippen molar-refractivity contribution in [1.29, 1.82) is 0 Å². The van der Waals surface area contributed by atoms with E-state index in [2.05, 4.69) is 4.98 Å². The maximum absolute atomic E-state index is 7.85. The molecule has 0 saturated carbocycles. The molecular formula is C20H19N. The van der Waals surface area contributed by atoms with Gasteiger partial charge in [0.1, 0.15) is 0 Å². The molecule has 104 valence electrons. The molecule has 3 aromatic rings. The summed E-state index contributed by atoms with van der Waals surface area (Å²) in [6.07, 6.45) is 1.39. The topological polar surface area (TPSA) is 12.9 Å². The van der Waals surface area contributed by atoms with Gasteiger partial charge in [-0.15, -0.1) is 0 Å². The average molecular weight is 279 g/mol. The van der Waals surface area contributed by atoms with Gasteiger partial charge >= 0.3 is 0 Å². The van der Waals surface area contributed by atoms with Gasteiger partial charge in [-0.25, -0.2) is 0 Å². The number of hydrogen-bond donors (Lipinski definition) is 0. The fourth-order valence-corrected chi connectivity index (χ4v) is 2.41. The van der Waals surface area contributed by atoms with Crippen molar-refractivity contribution < 1.29 is 8.22 Å². The Kier molecular flexibility index (Phi) is 2.14. The number of hydrogen-bond acceptors (Lipinski definition) is 1. The Morgan fingerprint density at radius 3 is 2.43 bits per heavy atom. The number of pyridine rings is 1. The van der Waals surface area contributed by atoms with E-state index >= 15 is 0 Å². The molecule has 0 bridgehead atoms. The van der Waals surface area contributed by atoms with Crippen LogP contribution in [0.3, 0.4) is 0 Å². The van der Waals surface area contributed by atoms with Crippen LogP contribution in [0.2, 0.25) is 0 Å². The number of rotatable bonds is 2.